The average Bonchev–Trinajstić information content (AvgIpc) is 3.52. The minimum absolute atomic E-state index is 0.00537. The normalized spacial score (nSPS) is 19.6. The Balaban J connectivity index is 1.40. The predicted octanol–water partition coefficient (Wildman–Crippen LogP) is 5.01. The summed E-state index contributed by atoms with van der Waals surface area (Å²) in [6.45, 7) is 0. The number of alkyl halides is 5. The second kappa shape index (κ2) is 8.38. The number of aromatic nitrogens is 6. The molecule has 0 bridgehead atoms. The number of hydrogen-bond donors (Lipinski definition) is 1. The van der Waals surface area contributed by atoms with Gasteiger partial charge in [0.2, 0.25) is 5.91 Å². The van der Waals surface area contributed by atoms with E-state index in [1.54, 1.807) is 12.1 Å². The number of amides is 1. The smallest absolute Gasteiger partial charge is 0.309 e. The summed E-state index contributed by atoms with van der Waals surface area (Å²) in [5.41, 5.74) is 0.158. The zero-order chi connectivity index (χ0) is 26.9. The molecule has 5 heterocycles. The van der Waals surface area contributed by atoms with E-state index >= 15 is 0 Å². The molecule has 1 aliphatic heterocycles. The highest BCUT2D eigenvalue weighted by atomic mass is 35.5. The molecule has 196 valence electrons. The maximum Gasteiger partial charge on any atom is 0.453 e. The lowest BCUT2D eigenvalue weighted by Crippen LogP contribution is -2.38. The summed E-state index contributed by atoms with van der Waals surface area (Å²) in [4.78, 5) is 35.0. The van der Waals surface area contributed by atoms with Crippen LogP contribution in [0.1, 0.15) is 36.2 Å². The maximum absolute atomic E-state index is 13.6. The number of anilines is 1. The molecule has 1 aliphatic carbocycles. The van der Waals surface area contributed by atoms with Crippen LogP contribution in [0.25, 0.3) is 17.2 Å². The molecule has 38 heavy (non-hydrogen) atoms. The number of rotatable bonds is 6. The van der Waals surface area contributed by atoms with Gasteiger partial charge in [-0.05, 0) is 37.3 Å². The molecule has 1 atom stereocenters. The number of nitrogens with one attached hydrogen (secondary N) is 1. The van der Waals surface area contributed by atoms with Crippen molar-refractivity contribution in [2.45, 2.75) is 43.2 Å². The zero-order valence-electron chi connectivity index (χ0n) is 19.3. The number of hydrogen-bond acceptors (Lipinski definition) is 6. The topological polar surface area (TPSA) is 98.0 Å². The molecule has 4 aromatic heterocycles. The highest BCUT2D eigenvalue weighted by molar-refractivity contribution is 6.30. The SMILES string of the molecule is O=C1Nc2nc(-c3cn4ccnc4c(CCC(F)(F)C(F)(F)F)n3)ncc2C1(c1ccc(Cl)cn1)C1CC1. The minimum atomic E-state index is -5.68. The van der Waals surface area contributed by atoms with Crippen molar-refractivity contribution in [3.8, 4) is 11.5 Å². The van der Waals surface area contributed by atoms with Gasteiger partial charge in [0.05, 0.1) is 16.4 Å². The molecule has 0 aromatic carbocycles. The molecule has 0 radical (unpaired) electrons. The van der Waals surface area contributed by atoms with Crippen molar-refractivity contribution >= 4 is 29.0 Å². The Labute approximate surface area is 216 Å². The van der Waals surface area contributed by atoms with Crippen LogP contribution in [0.5, 0.6) is 0 Å². The molecule has 1 N–H and O–H groups in total. The zero-order valence-corrected chi connectivity index (χ0v) is 20.1. The largest absolute Gasteiger partial charge is 0.453 e. The fourth-order valence-corrected chi connectivity index (χ4v) is 5.01. The Hall–Kier alpha value is -3.74. The fraction of sp³-hybridized carbons (Fsp3) is 0.333. The monoisotopic (exact) mass is 549 g/mol. The Bertz CT molecular complexity index is 1570. The Morgan fingerprint density at radius 1 is 1.08 bits per heavy atom. The van der Waals surface area contributed by atoms with Gasteiger partial charge in [0.1, 0.15) is 16.9 Å². The molecule has 8 nitrogen and oxygen atoms in total. The van der Waals surface area contributed by atoms with Crippen LogP contribution in [0.4, 0.5) is 27.8 Å². The van der Waals surface area contributed by atoms with Crippen molar-refractivity contribution in [2.75, 3.05) is 5.32 Å². The summed E-state index contributed by atoms with van der Waals surface area (Å²) >= 11 is 6.00. The summed E-state index contributed by atoms with van der Waals surface area (Å²) < 4.78 is 66.8. The lowest BCUT2D eigenvalue weighted by atomic mass is 9.75. The second-order valence-electron chi connectivity index (χ2n) is 9.29. The number of imidazole rings is 1. The minimum Gasteiger partial charge on any atom is -0.309 e. The van der Waals surface area contributed by atoms with Crippen molar-refractivity contribution in [1.82, 2.24) is 29.3 Å². The molecule has 4 aromatic rings. The van der Waals surface area contributed by atoms with Crippen molar-refractivity contribution in [1.29, 1.82) is 0 Å². The molecule has 0 spiro atoms. The Morgan fingerprint density at radius 3 is 2.55 bits per heavy atom. The van der Waals surface area contributed by atoms with Crippen molar-refractivity contribution in [2.24, 2.45) is 5.92 Å². The van der Waals surface area contributed by atoms with Crippen LogP contribution in [0.3, 0.4) is 0 Å². The number of carbonyl (C=O) groups excluding carboxylic acids is 1. The van der Waals surface area contributed by atoms with E-state index in [-0.39, 0.29) is 40.5 Å². The van der Waals surface area contributed by atoms with Crippen LogP contribution in [0.2, 0.25) is 5.02 Å². The number of halogens is 6. The van der Waals surface area contributed by atoms with Gasteiger partial charge in [-0.25, -0.2) is 19.9 Å². The lowest BCUT2D eigenvalue weighted by molar-refractivity contribution is -0.284. The summed E-state index contributed by atoms with van der Waals surface area (Å²) in [7, 11) is 0. The summed E-state index contributed by atoms with van der Waals surface area (Å²) in [6.07, 6.45) is 1.10. The molecule has 1 fully saturated rings. The quantitative estimate of drug-likeness (QED) is 0.339. The van der Waals surface area contributed by atoms with Gasteiger partial charge in [-0.1, -0.05) is 11.6 Å². The van der Waals surface area contributed by atoms with Gasteiger partial charge < -0.3 is 9.72 Å². The number of nitrogens with zero attached hydrogens (tertiary/aromatic N) is 6. The van der Waals surface area contributed by atoms with E-state index in [0.29, 0.717) is 16.3 Å². The van der Waals surface area contributed by atoms with Gasteiger partial charge in [0, 0.05) is 43.0 Å². The highest BCUT2D eigenvalue weighted by Gasteiger charge is 2.59. The van der Waals surface area contributed by atoms with Gasteiger partial charge in [0.25, 0.3) is 0 Å². The highest BCUT2D eigenvalue weighted by Crippen LogP contribution is 2.55. The Kier molecular flexibility index (Phi) is 5.42. The first-order valence-electron chi connectivity index (χ1n) is 11.6. The molecule has 1 saturated carbocycles. The second-order valence-corrected chi connectivity index (χ2v) is 9.72. The summed E-state index contributed by atoms with van der Waals surface area (Å²) in [5, 5.41) is 3.23. The van der Waals surface area contributed by atoms with Crippen LogP contribution in [-0.2, 0) is 16.6 Å². The van der Waals surface area contributed by atoms with Crippen LogP contribution >= 0.6 is 11.6 Å². The van der Waals surface area contributed by atoms with Gasteiger partial charge in [-0.3, -0.25) is 9.78 Å². The maximum atomic E-state index is 13.6. The van der Waals surface area contributed by atoms with Crippen LogP contribution in [0.15, 0.2) is 43.1 Å². The first kappa shape index (κ1) is 24.6. The third-order valence-corrected chi connectivity index (χ3v) is 7.11. The van der Waals surface area contributed by atoms with Crippen molar-refractivity contribution in [3.05, 3.63) is 65.1 Å². The van der Waals surface area contributed by atoms with Crippen molar-refractivity contribution < 1.29 is 26.7 Å². The number of carbonyl (C=O) groups is 1. The molecule has 1 amide bonds. The average molecular weight is 550 g/mol. The molecule has 0 saturated heterocycles. The van der Waals surface area contributed by atoms with Gasteiger partial charge in [-0.2, -0.15) is 22.0 Å². The van der Waals surface area contributed by atoms with E-state index in [9.17, 15) is 26.7 Å². The first-order chi connectivity index (χ1) is 18.0. The van der Waals surface area contributed by atoms with Crippen molar-refractivity contribution in [3.63, 3.8) is 0 Å². The number of aryl methyl sites for hydroxylation is 1. The first-order valence-corrected chi connectivity index (χ1v) is 12.0. The van der Waals surface area contributed by atoms with E-state index < -0.39 is 30.4 Å². The number of pyridine rings is 1. The predicted molar refractivity (Wildman–Crippen MR) is 125 cm³/mol. The standard InChI is InChI=1S/C24H17ClF5N7O/c25-13-3-4-17(32-9-13)23(12-1-2-12)14-10-33-19(35-18(14)36-21(23)38)16-11-37-8-7-31-20(37)15(34-16)5-6-22(26,27)24(28,29)30/h3-4,7-12H,1-2,5-6H2,(H,33,35,36,38). The lowest BCUT2D eigenvalue weighted by Gasteiger charge is -2.26. The molecule has 2 aliphatic rings. The third-order valence-electron chi connectivity index (χ3n) is 6.89. The van der Waals surface area contributed by atoms with Crippen LogP contribution < -0.4 is 5.32 Å². The van der Waals surface area contributed by atoms with E-state index in [4.69, 9.17) is 11.6 Å². The summed E-state index contributed by atoms with van der Waals surface area (Å²) in [5.74, 6) is -4.89. The van der Waals surface area contributed by atoms with Crippen LogP contribution in [-0.4, -0.2) is 47.3 Å². The van der Waals surface area contributed by atoms with Gasteiger partial charge in [-0.15, -0.1) is 0 Å². The number of fused-ring (bicyclic) bond motifs is 2. The third kappa shape index (κ3) is 3.79. The summed E-state index contributed by atoms with van der Waals surface area (Å²) in [6, 6.07) is 3.35. The molecule has 14 heteroatoms. The molecule has 1 unspecified atom stereocenters. The van der Waals surface area contributed by atoms with E-state index in [1.165, 1.54) is 35.4 Å². The van der Waals surface area contributed by atoms with Crippen LogP contribution in [0, 0.1) is 5.92 Å². The van der Waals surface area contributed by atoms with E-state index in [1.807, 2.05) is 0 Å². The van der Waals surface area contributed by atoms with Gasteiger partial charge >= 0.3 is 12.1 Å². The van der Waals surface area contributed by atoms with Gasteiger partial charge in [0.15, 0.2) is 11.5 Å². The fourth-order valence-electron chi connectivity index (χ4n) is 4.90. The van der Waals surface area contributed by atoms with E-state index in [2.05, 4.69) is 30.2 Å². The molecular formula is C24H17ClF5N7O. The van der Waals surface area contributed by atoms with E-state index in [0.717, 1.165) is 12.8 Å². The Morgan fingerprint density at radius 2 is 1.87 bits per heavy atom. The molecular weight excluding hydrogens is 533 g/mol. The molecule has 6 rings (SSSR count).